The third kappa shape index (κ3) is 18.0. The topological polar surface area (TPSA) is 68.8 Å². The van der Waals surface area contributed by atoms with E-state index in [0.717, 1.165) is 0 Å². The standard InChI is InChI=1S/C5H8O2.Mg.H2O.2H/c1-4(6)3-5(2)7;;;;/h3,6H,1-2H3;;1H2;;/q;+2;;2*-1/b4-3-;;;;. The quantitative estimate of drug-likeness (QED) is 0.321. The van der Waals surface area contributed by atoms with Gasteiger partial charge in [0.1, 0.15) is 0 Å². The first-order chi connectivity index (χ1) is 3.13. The molecular weight excluding hydrogens is 132 g/mol. The zero-order valence-corrected chi connectivity index (χ0v) is 7.05. The van der Waals surface area contributed by atoms with Gasteiger partial charge in [-0.1, -0.05) is 0 Å². The number of hydrogen-bond donors (Lipinski definition) is 1. The molecule has 0 atom stereocenters. The third-order valence-electron chi connectivity index (χ3n) is 0.412. The zero-order chi connectivity index (χ0) is 5.86. The largest absolute Gasteiger partial charge is 2.00 e. The van der Waals surface area contributed by atoms with Crippen LogP contribution in [0.15, 0.2) is 11.8 Å². The molecule has 0 saturated heterocycles. The van der Waals surface area contributed by atoms with E-state index >= 15 is 0 Å². The minimum Gasteiger partial charge on any atom is -1.00 e. The van der Waals surface area contributed by atoms with Crippen LogP contribution in [-0.2, 0) is 4.79 Å². The molecule has 3 nitrogen and oxygen atoms in total. The summed E-state index contributed by atoms with van der Waals surface area (Å²) >= 11 is 0. The van der Waals surface area contributed by atoms with E-state index in [9.17, 15) is 4.79 Å². The van der Waals surface area contributed by atoms with Gasteiger partial charge in [0.2, 0.25) is 0 Å². The Kier molecular flexibility index (Phi) is 14.1. The summed E-state index contributed by atoms with van der Waals surface area (Å²) in [6.45, 7) is 2.85. The summed E-state index contributed by atoms with van der Waals surface area (Å²) in [5, 5.41) is 8.36. The van der Waals surface area contributed by atoms with Gasteiger partial charge < -0.3 is 13.4 Å². The van der Waals surface area contributed by atoms with Gasteiger partial charge in [-0.3, -0.25) is 4.79 Å². The number of hydrogen-bond acceptors (Lipinski definition) is 2. The molecule has 0 amide bonds. The van der Waals surface area contributed by atoms with Gasteiger partial charge in [0.05, 0.1) is 5.76 Å². The Hall–Kier alpha value is -0.0638. The number of ketones is 1. The number of carbonyl (C=O) groups excluding carboxylic acids is 1. The first kappa shape index (κ1) is 16.0. The molecule has 9 heavy (non-hydrogen) atoms. The zero-order valence-electron chi connectivity index (χ0n) is 7.64. The molecule has 0 aliphatic carbocycles. The maximum Gasteiger partial charge on any atom is 2.00 e. The van der Waals surface area contributed by atoms with Gasteiger partial charge in [0.15, 0.2) is 5.78 Å². The van der Waals surface area contributed by atoms with E-state index in [4.69, 9.17) is 5.11 Å². The fourth-order valence-electron chi connectivity index (χ4n) is 0.294. The van der Waals surface area contributed by atoms with E-state index < -0.39 is 0 Å². The van der Waals surface area contributed by atoms with Crippen molar-refractivity contribution in [2.24, 2.45) is 0 Å². The summed E-state index contributed by atoms with van der Waals surface area (Å²) in [5.74, 6) is -0.0625. The van der Waals surface area contributed by atoms with E-state index in [0.29, 0.717) is 0 Å². The molecule has 0 aromatic rings. The van der Waals surface area contributed by atoms with Gasteiger partial charge >= 0.3 is 23.1 Å². The van der Waals surface area contributed by atoms with Crippen molar-refractivity contribution in [3.8, 4) is 0 Å². The number of carbonyl (C=O) groups is 1. The van der Waals surface area contributed by atoms with Crippen LogP contribution in [0.25, 0.3) is 0 Å². The van der Waals surface area contributed by atoms with E-state index in [1.54, 1.807) is 0 Å². The van der Waals surface area contributed by atoms with E-state index in [1.165, 1.54) is 19.9 Å². The molecule has 0 aliphatic heterocycles. The molecule has 0 rings (SSSR count). The number of aliphatic hydroxyl groups is 1. The summed E-state index contributed by atoms with van der Waals surface area (Å²) < 4.78 is 0. The molecule has 0 heterocycles. The molecule has 0 aromatic heterocycles. The van der Waals surface area contributed by atoms with Crippen LogP contribution >= 0.6 is 0 Å². The van der Waals surface area contributed by atoms with Crippen molar-refractivity contribution >= 4 is 28.8 Å². The van der Waals surface area contributed by atoms with Crippen molar-refractivity contribution in [2.75, 3.05) is 0 Å². The smallest absolute Gasteiger partial charge is 1.00 e. The van der Waals surface area contributed by atoms with Crippen molar-refractivity contribution in [3.63, 3.8) is 0 Å². The van der Waals surface area contributed by atoms with Gasteiger partial charge in [-0.05, 0) is 13.8 Å². The van der Waals surface area contributed by atoms with Crippen LogP contribution in [0.2, 0.25) is 0 Å². The predicted octanol–water partition coefficient (Wildman–Crippen LogP) is 0.0567. The van der Waals surface area contributed by atoms with Gasteiger partial charge in [0.25, 0.3) is 0 Å². The minimum atomic E-state index is -0.125. The molecular formula is C5H12MgO3. The molecule has 0 bridgehead atoms. The monoisotopic (exact) mass is 144 g/mol. The van der Waals surface area contributed by atoms with Gasteiger partial charge in [0, 0.05) is 6.08 Å². The van der Waals surface area contributed by atoms with Crippen molar-refractivity contribution in [3.05, 3.63) is 11.8 Å². The van der Waals surface area contributed by atoms with Crippen molar-refractivity contribution in [1.29, 1.82) is 0 Å². The van der Waals surface area contributed by atoms with E-state index in [2.05, 4.69) is 0 Å². The number of allylic oxidation sites excluding steroid dienone is 2. The maximum absolute atomic E-state index is 10.0. The van der Waals surface area contributed by atoms with Gasteiger partial charge in [-0.2, -0.15) is 0 Å². The van der Waals surface area contributed by atoms with Crippen LogP contribution in [0.4, 0.5) is 0 Å². The average molecular weight is 144 g/mol. The molecule has 0 fully saturated rings. The molecule has 0 spiro atoms. The van der Waals surface area contributed by atoms with Crippen molar-refractivity contribution < 1.29 is 18.2 Å². The van der Waals surface area contributed by atoms with Crippen LogP contribution in [0.5, 0.6) is 0 Å². The maximum atomic E-state index is 10.0. The second-order valence-electron chi connectivity index (χ2n) is 1.40. The molecule has 3 N–H and O–H groups in total. The van der Waals surface area contributed by atoms with Crippen LogP contribution in [0.3, 0.4) is 0 Å². The van der Waals surface area contributed by atoms with Crippen LogP contribution in [0.1, 0.15) is 16.7 Å². The Morgan fingerprint density at radius 1 is 1.56 bits per heavy atom. The molecule has 0 saturated carbocycles. The molecule has 0 radical (unpaired) electrons. The Bertz CT molecular complexity index is 112. The number of aliphatic hydroxyl groups excluding tert-OH is 1. The fraction of sp³-hybridized carbons (Fsp3) is 0.400. The Balaban J connectivity index is -0.0000000300. The summed E-state index contributed by atoms with van der Waals surface area (Å²) in [4.78, 5) is 10.0. The van der Waals surface area contributed by atoms with Crippen molar-refractivity contribution in [2.45, 2.75) is 13.8 Å². The first-order valence-electron chi connectivity index (χ1n) is 2.01. The molecule has 0 aliphatic rings. The Morgan fingerprint density at radius 3 is 1.89 bits per heavy atom. The molecule has 0 unspecified atom stereocenters. The SMILES string of the molecule is CC(=O)/C=C(/C)O.O.[H-].[H-].[Mg+2]. The number of rotatable bonds is 1. The fourth-order valence-corrected chi connectivity index (χ4v) is 0.294. The van der Waals surface area contributed by atoms with Gasteiger partial charge in [-0.15, -0.1) is 0 Å². The van der Waals surface area contributed by atoms with E-state index in [-0.39, 0.29) is 42.9 Å². The third-order valence-corrected chi connectivity index (χ3v) is 0.412. The molecule has 52 valence electrons. The normalized spacial score (nSPS) is 8.89. The summed E-state index contributed by atoms with van der Waals surface area (Å²) in [5.41, 5.74) is 0. The second-order valence-corrected chi connectivity index (χ2v) is 1.40. The molecule has 4 heteroatoms. The molecule has 0 aromatic carbocycles. The summed E-state index contributed by atoms with van der Waals surface area (Å²) in [6.07, 6.45) is 1.17. The van der Waals surface area contributed by atoms with Crippen LogP contribution in [-0.4, -0.2) is 39.4 Å². The Morgan fingerprint density at radius 2 is 1.89 bits per heavy atom. The minimum absolute atomic E-state index is 0. The van der Waals surface area contributed by atoms with Crippen LogP contribution < -0.4 is 0 Å². The van der Waals surface area contributed by atoms with Crippen LogP contribution in [0, 0.1) is 0 Å². The average Bonchev–Trinajstić information content (AvgIpc) is 1.27. The first-order valence-corrected chi connectivity index (χ1v) is 2.01. The van der Waals surface area contributed by atoms with Crippen molar-refractivity contribution in [1.82, 2.24) is 0 Å². The van der Waals surface area contributed by atoms with E-state index in [1.807, 2.05) is 0 Å². The Labute approximate surface area is 73.2 Å². The second kappa shape index (κ2) is 7.94. The summed E-state index contributed by atoms with van der Waals surface area (Å²) in [6, 6.07) is 0. The predicted molar refractivity (Wildman–Crippen MR) is 38.7 cm³/mol. The van der Waals surface area contributed by atoms with Gasteiger partial charge in [-0.25, -0.2) is 0 Å². The summed E-state index contributed by atoms with van der Waals surface area (Å²) in [7, 11) is 0.